The van der Waals surface area contributed by atoms with E-state index in [1.54, 1.807) is 41.1 Å². The molecule has 1 aromatic heterocycles. The van der Waals surface area contributed by atoms with Crippen molar-refractivity contribution in [2.24, 2.45) is 0 Å². The number of hydrogen-bond acceptors (Lipinski definition) is 4. The Morgan fingerprint density at radius 2 is 1.69 bits per heavy atom. The molecule has 1 aliphatic rings. The SMILES string of the molecule is CCOc1ccc(NC(=O)C(=O)c2cn(CC(=O)N3CCCCC3)c3ccccc23)cc1. The first-order valence-corrected chi connectivity index (χ1v) is 11.0. The van der Waals surface area contributed by atoms with Crippen molar-refractivity contribution in [3.63, 3.8) is 0 Å². The zero-order valence-electron chi connectivity index (χ0n) is 18.2. The van der Waals surface area contributed by atoms with Crippen LogP contribution in [-0.2, 0) is 16.1 Å². The maximum atomic E-state index is 13.0. The molecular weight excluding hydrogens is 406 g/mol. The molecule has 4 rings (SSSR count). The molecule has 0 aliphatic carbocycles. The number of aromatic nitrogens is 1. The van der Waals surface area contributed by atoms with Crippen LogP contribution in [0.5, 0.6) is 5.75 Å². The van der Waals surface area contributed by atoms with Gasteiger partial charge in [0.1, 0.15) is 12.3 Å². The number of likely N-dealkylation sites (tertiary alicyclic amines) is 1. The number of rotatable bonds is 7. The van der Waals surface area contributed by atoms with E-state index in [4.69, 9.17) is 4.74 Å². The van der Waals surface area contributed by atoms with Crippen molar-refractivity contribution in [1.29, 1.82) is 0 Å². The van der Waals surface area contributed by atoms with Gasteiger partial charge in [0.25, 0.3) is 11.7 Å². The standard InChI is InChI=1S/C25H27N3O4/c1-2-32-19-12-10-18(11-13-19)26-25(31)24(30)21-16-28(22-9-5-4-8-20(21)22)17-23(29)27-14-6-3-7-15-27/h4-5,8-13,16H,2-3,6-7,14-15,17H2,1H3,(H,26,31). The molecule has 7 heteroatoms. The van der Waals surface area contributed by atoms with Gasteiger partial charge in [-0.2, -0.15) is 0 Å². The molecule has 2 aromatic carbocycles. The average molecular weight is 434 g/mol. The van der Waals surface area contributed by atoms with Gasteiger partial charge in [-0.25, -0.2) is 0 Å². The Kier molecular flexibility index (Phi) is 6.54. The maximum absolute atomic E-state index is 13.0. The van der Waals surface area contributed by atoms with E-state index in [0.717, 1.165) is 37.9 Å². The largest absolute Gasteiger partial charge is 0.494 e. The summed E-state index contributed by atoms with van der Waals surface area (Å²) >= 11 is 0. The minimum Gasteiger partial charge on any atom is -0.494 e. The smallest absolute Gasteiger partial charge is 0.296 e. The van der Waals surface area contributed by atoms with Crippen molar-refractivity contribution in [2.75, 3.05) is 25.0 Å². The zero-order valence-corrected chi connectivity index (χ0v) is 18.2. The number of nitrogens with zero attached hydrogens (tertiary/aromatic N) is 2. The van der Waals surface area contributed by atoms with Gasteiger partial charge in [-0.1, -0.05) is 18.2 Å². The van der Waals surface area contributed by atoms with Crippen LogP contribution in [0, 0.1) is 0 Å². The summed E-state index contributed by atoms with van der Waals surface area (Å²) in [6.07, 6.45) is 4.81. The number of ether oxygens (including phenoxy) is 1. The molecule has 166 valence electrons. The first-order chi connectivity index (χ1) is 15.6. The van der Waals surface area contributed by atoms with Crippen molar-refractivity contribution in [3.05, 3.63) is 60.3 Å². The van der Waals surface area contributed by atoms with Gasteiger partial charge < -0.3 is 19.5 Å². The van der Waals surface area contributed by atoms with E-state index in [9.17, 15) is 14.4 Å². The fraction of sp³-hybridized carbons (Fsp3) is 0.320. The van der Waals surface area contributed by atoms with Gasteiger partial charge in [0.15, 0.2) is 0 Å². The number of fused-ring (bicyclic) bond motifs is 1. The Labute approximate surface area is 187 Å². The van der Waals surface area contributed by atoms with E-state index >= 15 is 0 Å². The maximum Gasteiger partial charge on any atom is 0.296 e. The minimum absolute atomic E-state index is 0.0308. The summed E-state index contributed by atoms with van der Waals surface area (Å²) in [4.78, 5) is 40.3. The molecule has 1 fully saturated rings. The van der Waals surface area contributed by atoms with Crippen molar-refractivity contribution < 1.29 is 19.1 Å². The molecule has 0 unspecified atom stereocenters. The molecule has 0 saturated carbocycles. The lowest BCUT2D eigenvalue weighted by Gasteiger charge is -2.27. The molecule has 1 saturated heterocycles. The number of ketones is 1. The molecule has 1 aliphatic heterocycles. The first kappa shape index (κ1) is 21.6. The number of carbonyl (C=O) groups excluding carboxylic acids is 3. The van der Waals surface area contributed by atoms with Crippen LogP contribution in [0.3, 0.4) is 0 Å². The number of Topliss-reactive ketones (excluding diaryl/α,β-unsaturated/α-hetero) is 1. The van der Waals surface area contributed by atoms with Crippen LogP contribution in [0.15, 0.2) is 54.7 Å². The van der Waals surface area contributed by atoms with Crippen molar-refractivity contribution in [1.82, 2.24) is 9.47 Å². The van der Waals surface area contributed by atoms with Crippen molar-refractivity contribution in [2.45, 2.75) is 32.7 Å². The molecule has 0 bridgehead atoms. The normalized spacial score (nSPS) is 13.7. The van der Waals surface area contributed by atoms with Gasteiger partial charge in [0.2, 0.25) is 5.91 Å². The summed E-state index contributed by atoms with van der Waals surface area (Å²) < 4.78 is 7.16. The van der Waals surface area contributed by atoms with Gasteiger partial charge in [-0.3, -0.25) is 14.4 Å². The molecule has 1 N–H and O–H groups in total. The third kappa shape index (κ3) is 4.66. The van der Waals surface area contributed by atoms with Crippen molar-refractivity contribution in [3.8, 4) is 5.75 Å². The summed E-state index contributed by atoms with van der Waals surface area (Å²) in [5.74, 6) is -0.639. The number of anilines is 1. The van der Waals surface area contributed by atoms with Crippen molar-refractivity contribution >= 4 is 34.2 Å². The van der Waals surface area contributed by atoms with E-state index in [1.165, 1.54) is 0 Å². The van der Waals surface area contributed by atoms with Crippen LogP contribution in [0.4, 0.5) is 5.69 Å². The Bertz CT molecular complexity index is 1130. The summed E-state index contributed by atoms with van der Waals surface area (Å²) in [6.45, 7) is 4.14. The van der Waals surface area contributed by atoms with E-state index < -0.39 is 11.7 Å². The minimum atomic E-state index is -0.723. The molecule has 0 spiro atoms. The van der Waals surface area contributed by atoms with Gasteiger partial charge >= 0.3 is 0 Å². The number of piperidine rings is 1. The second-order valence-corrected chi connectivity index (χ2v) is 7.87. The molecule has 32 heavy (non-hydrogen) atoms. The molecule has 3 aromatic rings. The van der Waals surface area contributed by atoms with E-state index in [0.29, 0.717) is 23.4 Å². The lowest BCUT2D eigenvalue weighted by Crippen LogP contribution is -2.37. The van der Waals surface area contributed by atoms with Gasteiger partial charge in [-0.15, -0.1) is 0 Å². The van der Waals surface area contributed by atoms with E-state index in [1.807, 2.05) is 30.0 Å². The van der Waals surface area contributed by atoms with Crippen LogP contribution in [0.2, 0.25) is 0 Å². The number of benzene rings is 2. The Morgan fingerprint density at radius 3 is 2.41 bits per heavy atom. The Morgan fingerprint density at radius 1 is 0.969 bits per heavy atom. The second-order valence-electron chi connectivity index (χ2n) is 7.87. The van der Waals surface area contributed by atoms with Gasteiger partial charge in [0.05, 0.1) is 12.2 Å². The second kappa shape index (κ2) is 9.68. The topological polar surface area (TPSA) is 80.6 Å². The molecule has 7 nitrogen and oxygen atoms in total. The zero-order chi connectivity index (χ0) is 22.5. The van der Waals surface area contributed by atoms with Gasteiger partial charge in [0, 0.05) is 35.9 Å². The predicted molar refractivity (Wildman–Crippen MR) is 123 cm³/mol. The third-order valence-corrected chi connectivity index (χ3v) is 5.68. The predicted octanol–water partition coefficient (Wildman–Crippen LogP) is 3.87. The highest BCUT2D eigenvalue weighted by molar-refractivity contribution is 6.48. The number of nitrogens with one attached hydrogen (secondary N) is 1. The lowest BCUT2D eigenvalue weighted by molar-refractivity contribution is -0.132. The monoisotopic (exact) mass is 433 g/mol. The summed E-state index contributed by atoms with van der Waals surface area (Å²) in [5.41, 5.74) is 1.56. The number of para-hydroxylation sites is 1. The number of amides is 2. The lowest BCUT2D eigenvalue weighted by atomic mass is 10.1. The number of carbonyl (C=O) groups is 3. The van der Waals surface area contributed by atoms with Crippen LogP contribution in [0.1, 0.15) is 36.5 Å². The molecule has 2 heterocycles. The van der Waals surface area contributed by atoms with Gasteiger partial charge in [-0.05, 0) is 56.5 Å². The highest BCUT2D eigenvalue weighted by Gasteiger charge is 2.23. The fourth-order valence-corrected chi connectivity index (χ4v) is 4.06. The van der Waals surface area contributed by atoms with E-state index in [-0.39, 0.29) is 18.0 Å². The molecule has 0 atom stereocenters. The van der Waals surface area contributed by atoms with Crippen LogP contribution in [-0.4, -0.2) is 46.8 Å². The molecular formula is C25H27N3O4. The van der Waals surface area contributed by atoms with Crippen LogP contribution in [0.25, 0.3) is 10.9 Å². The summed E-state index contributed by atoms with van der Waals surface area (Å²) in [6, 6.07) is 14.2. The fourth-order valence-electron chi connectivity index (χ4n) is 4.06. The Hall–Kier alpha value is -3.61. The number of hydrogen-bond donors (Lipinski definition) is 1. The quantitative estimate of drug-likeness (QED) is 0.453. The van der Waals surface area contributed by atoms with Crippen LogP contribution < -0.4 is 10.1 Å². The first-order valence-electron chi connectivity index (χ1n) is 11.0. The molecule has 0 radical (unpaired) electrons. The molecule has 2 amide bonds. The average Bonchev–Trinajstić information content (AvgIpc) is 3.19. The Balaban J connectivity index is 1.53. The summed E-state index contributed by atoms with van der Waals surface area (Å²) in [5, 5.41) is 3.31. The van der Waals surface area contributed by atoms with E-state index in [2.05, 4.69) is 5.32 Å². The summed E-state index contributed by atoms with van der Waals surface area (Å²) in [7, 11) is 0. The highest BCUT2D eigenvalue weighted by Crippen LogP contribution is 2.23. The third-order valence-electron chi connectivity index (χ3n) is 5.68. The highest BCUT2D eigenvalue weighted by atomic mass is 16.5. The van der Waals surface area contributed by atoms with Crippen LogP contribution >= 0.6 is 0 Å².